The number of primary amides is 1. The van der Waals surface area contributed by atoms with Gasteiger partial charge in [0.05, 0.1) is 4.91 Å². The fourth-order valence-corrected chi connectivity index (χ4v) is 2.99. The van der Waals surface area contributed by atoms with Crippen molar-refractivity contribution in [2.24, 2.45) is 5.73 Å². The molecule has 0 atom stereocenters. The molecular weight excluding hydrogens is 320 g/mol. The van der Waals surface area contributed by atoms with Crippen molar-refractivity contribution >= 4 is 46.2 Å². The van der Waals surface area contributed by atoms with Crippen LogP contribution in [0.15, 0.2) is 45.7 Å². The molecule has 7 heteroatoms. The van der Waals surface area contributed by atoms with Gasteiger partial charge in [-0.2, -0.15) is 0 Å². The molecule has 0 unspecified atom stereocenters. The lowest BCUT2D eigenvalue weighted by Crippen LogP contribution is -2.17. The van der Waals surface area contributed by atoms with Gasteiger partial charge in [-0.1, -0.05) is 36.1 Å². The first-order chi connectivity index (χ1) is 10.5. The van der Waals surface area contributed by atoms with E-state index in [9.17, 15) is 9.59 Å². The molecule has 1 aromatic carbocycles. The smallest absolute Gasteiger partial charge is 0.263 e. The van der Waals surface area contributed by atoms with Gasteiger partial charge in [0.2, 0.25) is 5.91 Å². The first kappa shape index (κ1) is 14.6. The van der Waals surface area contributed by atoms with Crippen LogP contribution in [0.4, 0.5) is 0 Å². The summed E-state index contributed by atoms with van der Waals surface area (Å²) in [5, 5.41) is 2.54. The Bertz CT molecular complexity index is 824. The van der Waals surface area contributed by atoms with E-state index in [1.54, 1.807) is 36.4 Å². The molecule has 2 amide bonds. The van der Waals surface area contributed by atoms with Crippen molar-refractivity contribution in [2.75, 3.05) is 0 Å². The fraction of sp³-hybridized carbons (Fsp3) is 0. The quantitative estimate of drug-likeness (QED) is 0.667. The second kappa shape index (κ2) is 5.78. The maximum absolute atomic E-state index is 11.6. The van der Waals surface area contributed by atoms with Gasteiger partial charge in [0, 0.05) is 17.2 Å². The molecule has 0 spiro atoms. The van der Waals surface area contributed by atoms with Crippen molar-refractivity contribution in [3.05, 3.63) is 52.6 Å². The molecule has 110 valence electrons. The number of furan rings is 1. The lowest BCUT2D eigenvalue weighted by molar-refractivity contribution is -0.115. The number of nitrogens with two attached hydrogens (primary N) is 1. The Balaban J connectivity index is 1.90. The molecule has 2 heterocycles. The highest BCUT2D eigenvalue weighted by Crippen LogP contribution is 2.29. The van der Waals surface area contributed by atoms with Crippen LogP contribution in [0, 0.1) is 0 Å². The van der Waals surface area contributed by atoms with E-state index < -0.39 is 5.91 Å². The van der Waals surface area contributed by atoms with Gasteiger partial charge in [0.1, 0.15) is 15.8 Å². The zero-order chi connectivity index (χ0) is 15.7. The molecule has 2 aromatic rings. The van der Waals surface area contributed by atoms with Gasteiger partial charge in [-0.15, -0.1) is 0 Å². The molecule has 0 saturated carbocycles. The SMILES string of the molecule is NC(=O)c1cccc(-c2ccc(C=C3SC(=S)NC3=O)o2)c1. The Hall–Kier alpha value is -2.38. The third kappa shape index (κ3) is 2.95. The minimum atomic E-state index is -0.497. The summed E-state index contributed by atoms with van der Waals surface area (Å²) < 4.78 is 6.11. The molecule has 1 saturated heterocycles. The van der Waals surface area contributed by atoms with Crippen LogP contribution in [0.2, 0.25) is 0 Å². The normalized spacial score (nSPS) is 16.1. The Morgan fingerprint density at radius 3 is 2.82 bits per heavy atom. The summed E-state index contributed by atoms with van der Waals surface area (Å²) in [6.45, 7) is 0. The molecule has 0 aliphatic carbocycles. The Morgan fingerprint density at radius 1 is 1.32 bits per heavy atom. The second-order valence-electron chi connectivity index (χ2n) is 4.50. The number of thiocarbonyl (C=S) groups is 1. The molecule has 1 fully saturated rings. The van der Waals surface area contributed by atoms with E-state index in [-0.39, 0.29) is 5.91 Å². The van der Waals surface area contributed by atoms with Crippen molar-refractivity contribution in [1.82, 2.24) is 5.32 Å². The zero-order valence-corrected chi connectivity index (χ0v) is 12.8. The number of carbonyl (C=O) groups excluding carboxylic acids is 2. The predicted molar refractivity (Wildman–Crippen MR) is 89.0 cm³/mol. The van der Waals surface area contributed by atoms with E-state index in [2.05, 4.69) is 5.32 Å². The molecule has 0 radical (unpaired) electrons. The predicted octanol–water partition coefficient (Wildman–Crippen LogP) is 2.53. The van der Waals surface area contributed by atoms with E-state index in [1.807, 2.05) is 6.07 Å². The summed E-state index contributed by atoms with van der Waals surface area (Å²) in [5.74, 6) is 0.384. The number of benzene rings is 1. The number of rotatable bonds is 3. The molecule has 1 aliphatic rings. The second-order valence-corrected chi connectivity index (χ2v) is 6.22. The summed E-state index contributed by atoms with van der Waals surface area (Å²) in [5.41, 5.74) is 6.41. The molecule has 0 bridgehead atoms. The third-order valence-electron chi connectivity index (χ3n) is 2.97. The largest absolute Gasteiger partial charge is 0.457 e. The average molecular weight is 330 g/mol. The van der Waals surface area contributed by atoms with Crippen LogP contribution in [-0.2, 0) is 4.79 Å². The van der Waals surface area contributed by atoms with E-state index >= 15 is 0 Å². The maximum atomic E-state index is 11.6. The van der Waals surface area contributed by atoms with Crippen LogP contribution in [-0.4, -0.2) is 16.1 Å². The number of thioether (sulfide) groups is 1. The Kier molecular flexibility index (Phi) is 3.82. The summed E-state index contributed by atoms with van der Waals surface area (Å²) in [7, 11) is 0. The molecule has 3 N–H and O–H groups in total. The highest BCUT2D eigenvalue weighted by atomic mass is 32.2. The molecule has 22 heavy (non-hydrogen) atoms. The minimum absolute atomic E-state index is 0.233. The number of hydrogen-bond donors (Lipinski definition) is 2. The van der Waals surface area contributed by atoms with Crippen molar-refractivity contribution in [1.29, 1.82) is 0 Å². The lowest BCUT2D eigenvalue weighted by Gasteiger charge is -1.99. The molecule has 3 rings (SSSR count). The van der Waals surface area contributed by atoms with Crippen LogP contribution in [0.5, 0.6) is 0 Å². The van der Waals surface area contributed by atoms with E-state index in [4.69, 9.17) is 22.4 Å². The lowest BCUT2D eigenvalue weighted by atomic mass is 10.1. The Labute approximate surface area is 135 Å². The number of carbonyl (C=O) groups is 2. The molecular formula is C15H10N2O3S2. The van der Waals surface area contributed by atoms with Gasteiger partial charge >= 0.3 is 0 Å². The number of amides is 2. The molecule has 1 aromatic heterocycles. The van der Waals surface area contributed by atoms with Gasteiger partial charge in [-0.3, -0.25) is 9.59 Å². The van der Waals surface area contributed by atoms with Gasteiger partial charge in [-0.25, -0.2) is 0 Å². The van der Waals surface area contributed by atoms with Crippen molar-refractivity contribution in [3.8, 4) is 11.3 Å². The van der Waals surface area contributed by atoms with Crippen molar-refractivity contribution in [3.63, 3.8) is 0 Å². The molecule has 1 aliphatic heterocycles. The summed E-state index contributed by atoms with van der Waals surface area (Å²) >= 11 is 6.12. The van der Waals surface area contributed by atoms with Gasteiger partial charge in [0.15, 0.2) is 0 Å². The zero-order valence-electron chi connectivity index (χ0n) is 11.2. The minimum Gasteiger partial charge on any atom is -0.457 e. The van der Waals surface area contributed by atoms with Crippen LogP contribution < -0.4 is 11.1 Å². The maximum Gasteiger partial charge on any atom is 0.263 e. The monoisotopic (exact) mass is 330 g/mol. The van der Waals surface area contributed by atoms with Crippen molar-refractivity contribution in [2.45, 2.75) is 0 Å². The number of nitrogens with one attached hydrogen (secondary N) is 1. The van der Waals surface area contributed by atoms with Gasteiger partial charge in [-0.05, 0) is 24.3 Å². The highest BCUT2D eigenvalue weighted by molar-refractivity contribution is 8.26. The summed E-state index contributed by atoms with van der Waals surface area (Å²) in [6, 6.07) is 10.3. The standard InChI is InChI=1S/C15H10N2O3S2/c16-13(18)9-3-1-2-8(6-9)11-5-4-10(20-11)7-12-14(19)17-15(21)22-12/h1-7H,(H2,16,18)(H,17,19,21). The number of hydrogen-bond acceptors (Lipinski definition) is 5. The highest BCUT2D eigenvalue weighted by Gasteiger charge is 2.22. The third-order valence-corrected chi connectivity index (χ3v) is 4.14. The Morgan fingerprint density at radius 2 is 2.14 bits per heavy atom. The fourth-order valence-electron chi connectivity index (χ4n) is 1.96. The van der Waals surface area contributed by atoms with Crippen molar-refractivity contribution < 1.29 is 14.0 Å². The van der Waals surface area contributed by atoms with E-state index in [0.717, 1.165) is 5.56 Å². The van der Waals surface area contributed by atoms with Crippen LogP contribution >= 0.6 is 24.0 Å². The van der Waals surface area contributed by atoms with Crippen LogP contribution in [0.3, 0.4) is 0 Å². The summed E-state index contributed by atoms with van der Waals surface area (Å²) in [4.78, 5) is 23.3. The topological polar surface area (TPSA) is 85.3 Å². The first-order valence-electron chi connectivity index (χ1n) is 6.28. The average Bonchev–Trinajstić information content (AvgIpc) is 3.06. The van der Waals surface area contributed by atoms with Gasteiger partial charge < -0.3 is 15.5 Å². The first-order valence-corrected chi connectivity index (χ1v) is 7.50. The van der Waals surface area contributed by atoms with Gasteiger partial charge in [0.25, 0.3) is 5.91 Å². The summed E-state index contributed by atoms with van der Waals surface area (Å²) in [6.07, 6.45) is 1.63. The van der Waals surface area contributed by atoms with E-state index in [1.165, 1.54) is 11.8 Å². The van der Waals surface area contributed by atoms with Crippen LogP contribution in [0.1, 0.15) is 16.1 Å². The van der Waals surface area contributed by atoms with E-state index in [0.29, 0.717) is 26.3 Å². The molecule has 5 nitrogen and oxygen atoms in total. The van der Waals surface area contributed by atoms with Crippen LogP contribution in [0.25, 0.3) is 17.4 Å².